The van der Waals surface area contributed by atoms with Gasteiger partial charge in [0, 0.05) is 32.2 Å². The molecular weight excluding hydrogens is 345 g/mol. The minimum Gasteiger partial charge on any atom is -0.322 e. The highest BCUT2D eigenvalue weighted by atomic mass is 32.2. The van der Waals surface area contributed by atoms with Crippen LogP contribution in [0, 0.1) is 12.7 Å². The van der Waals surface area contributed by atoms with E-state index in [9.17, 15) is 17.6 Å². The molecule has 0 radical (unpaired) electrons. The van der Waals surface area contributed by atoms with Crippen LogP contribution in [0.25, 0.3) is 0 Å². The first-order valence-corrected chi connectivity index (χ1v) is 10.4. The number of nitrogens with one attached hydrogen (secondary N) is 1. The Morgan fingerprint density at radius 2 is 2.00 bits per heavy atom. The molecule has 2 aliphatic heterocycles. The molecule has 1 aromatic carbocycles. The molecule has 2 fully saturated rings. The molecule has 0 spiro atoms. The van der Waals surface area contributed by atoms with Crippen LogP contribution < -0.4 is 5.32 Å². The molecule has 2 saturated heterocycles. The van der Waals surface area contributed by atoms with Gasteiger partial charge in [-0.05, 0) is 31.0 Å². The van der Waals surface area contributed by atoms with Crippen molar-refractivity contribution in [3.8, 4) is 0 Å². The molecule has 1 N–H and O–H groups in total. The molecule has 0 unspecified atom stereocenters. The van der Waals surface area contributed by atoms with Crippen molar-refractivity contribution in [3.05, 3.63) is 29.6 Å². The van der Waals surface area contributed by atoms with Gasteiger partial charge in [0.1, 0.15) is 5.82 Å². The molecule has 8 heteroatoms. The molecule has 3 rings (SSSR count). The Morgan fingerprint density at radius 3 is 2.60 bits per heavy atom. The summed E-state index contributed by atoms with van der Waals surface area (Å²) in [6.07, 6.45) is 0.704. The molecule has 0 bridgehead atoms. The number of anilines is 1. The van der Waals surface area contributed by atoms with Crippen molar-refractivity contribution in [2.45, 2.75) is 19.4 Å². The van der Waals surface area contributed by atoms with Gasteiger partial charge in [-0.2, -0.15) is 0 Å². The Hall–Kier alpha value is -1.51. The number of aryl methyl sites for hydroxylation is 1. The van der Waals surface area contributed by atoms with E-state index in [1.54, 1.807) is 19.1 Å². The molecule has 1 aromatic rings. The third kappa shape index (κ3) is 4.77. The highest BCUT2D eigenvalue weighted by Gasteiger charge is 2.33. The molecule has 138 valence electrons. The smallest absolute Gasteiger partial charge is 0.238 e. The molecule has 1 amide bonds. The number of hydrogen-bond donors (Lipinski definition) is 1. The third-order valence-corrected chi connectivity index (χ3v) is 6.65. The Bertz CT molecular complexity index is 746. The monoisotopic (exact) mass is 369 g/mol. The summed E-state index contributed by atoms with van der Waals surface area (Å²) >= 11 is 0. The van der Waals surface area contributed by atoms with Crippen molar-refractivity contribution in [2.75, 3.05) is 49.5 Å². The topological polar surface area (TPSA) is 69.7 Å². The average Bonchev–Trinajstić information content (AvgIpc) is 2.91. The van der Waals surface area contributed by atoms with E-state index < -0.39 is 15.7 Å². The molecule has 0 aliphatic carbocycles. The van der Waals surface area contributed by atoms with Gasteiger partial charge in [0.15, 0.2) is 9.84 Å². The molecule has 0 saturated carbocycles. The molecule has 6 nitrogen and oxygen atoms in total. The summed E-state index contributed by atoms with van der Waals surface area (Å²) < 4.78 is 37.0. The first-order chi connectivity index (χ1) is 11.8. The van der Waals surface area contributed by atoms with Gasteiger partial charge in [0.2, 0.25) is 5.91 Å². The lowest BCUT2D eigenvalue weighted by Crippen LogP contribution is -2.52. The Labute approximate surface area is 147 Å². The van der Waals surface area contributed by atoms with Crippen molar-refractivity contribution in [3.63, 3.8) is 0 Å². The van der Waals surface area contributed by atoms with E-state index in [2.05, 4.69) is 10.2 Å². The molecule has 1 atom stereocenters. The largest absolute Gasteiger partial charge is 0.322 e. The van der Waals surface area contributed by atoms with E-state index in [1.807, 2.05) is 4.90 Å². The second-order valence-electron chi connectivity index (χ2n) is 6.90. The molecule has 2 heterocycles. The first kappa shape index (κ1) is 18.3. The maximum atomic E-state index is 13.8. The summed E-state index contributed by atoms with van der Waals surface area (Å²) in [4.78, 5) is 16.4. The Kier molecular flexibility index (Phi) is 5.41. The van der Waals surface area contributed by atoms with E-state index >= 15 is 0 Å². The zero-order valence-corrected chi connectivity index (χ0v) is 15.2. The summed E-state index contributed by atoms with van der Waals surface area (Å²) in [7, 11) is -2.87. The van der Waals surface area contributed by atoms with Gasteiger partial charge in [0.05, 0.1) is 23.7 Å². The number of piperazine rings is 1. The van der Waals surface area contributed by atoms with Gasteiger partial charge >= 0.3 is 0 Å². The van der Waals surface area contributed by atoms with E-state index in [0.717, 1.165) is 18.7 Å². The van der Waals surface area contributed by atoms with Crippen LogP contribution in [0.1, 0.15) is 12.0 Å². The predicted octanol–water partition coefficient (Wildman–Crippen LogP) is 0.877. The minimum absolute atomic E-state index is 0.114. The fourth-order valence-corrected chi connectivity index (χ4v) is 5.23. The number of carbonyl (C=O) groups excluding carboxylic acids is 1. The Morgan fingerprint density at radius 1 is 1.28 bits per heavy atom. The van der Waals surface area contributed by atoms with Crippen LogP contribution in [-0.4, -0.2) is 74.4 Å². The van der Waals surface area contributed by atoms with Gasteiger partial charge in [0.25, 0.3) is 0 Å². The lowest BCUT2D eigenvalue weighted by molar-refractivity contribution is -0.117. The Balaban J connectivity index is 1.46. The second-order valence-corrected chi connectivity index (χ2v) is 9.13. The molecule has 2 aliphatic rings. The number of sulfone groups is 1. The number of hydrogen-bond acceptors (Lipinski definition) is 5. The zero-order chi connectivity index (χ0) is 18.0. The maximum absolute atomic E-state index is 13.8. The molecular formula is C17H24FN3O3S. The summed E-state index contributed by atoms with van der Waals surface area (Å²) in [5, 5.41) is 2.61. The fourth-order valence-electron chi connectivity index (χ4n) is 3.46. The first-order valence-electron chi connectivity index (χ1n) is 8.55. The van der Waals surface area contributed by atoms with Crippen molar-refractivity contribution >= 4 is 21.4 Å². The molecule has 25 heavy (non-hydrogen) atoms. The number of carbonyl (C=O) groups is 1. The van der Waals surface area contributed by atoms with E-state index in [-0.39, 0.29) is 35.7 Å². The van der Waals surface area contributed by atoms with Crippen LogP contribution in [-0.2, 0) is 14.6 Å². The van der Waals surface area contributed by atoms with Crippen LogP contribution in [0.3, 0.4) is 0 Å². The minimum atomic E-state index is -2.87. The van der Waals surface area contributed by atoms with Crippen molar-refractivity contribution < 1.29 is 17.6 Å². The van der Waals surface area contributed by atoms with E-state index in [1.165, 1.54) is 6.07 Å². The summed E-state index contributed by atoms with van der Waals surface area (Å²) in [6.45, 7) is 4.94. The van der Waals surface area contributed by atoms with Crippen molar-refractivity contribution in [1.82, 2.24) is 9.80 Å². The number of halogens is 1. The average molecular weight is 369 g/mol. The van der Waals surface area contributed by atoms with Crippen LogP contribution >= 0.6 is 0 Å². The normalized spacial score (nSPS) is 24.3. The van der Waals surface area contributed by atoms with Gasteiger partial charge in [-0.15, -0.1) is 0 Å². The number of nitrogens with zero attached hydrogens (tertiary/aromatic N) is 2. The van der Waals surface area contributed by atoms with Gasteiger partial charge in [-0.25, -0.2) is 12.8 Å². The van der Waals surface area contributed by atoms with Crippen LogP contribution in [0.4, 0.5) is 10.1 Å². The maximum Gasteiger partial charge on any atom is 0.238 e. The quantitative estimate of drug-likeness (QED) is 0.853. The SMILES string of the molecule is Cc1ccc(NC(=O)CN2CCN([C@H]3CCS(=O)(=O)C3)CC2)c(F)c1. The highest BCUT2D eigenvalue weighted by molar-refractivity contribution is 7.91. The van der Waals surface area contributed by atoms with Gasteiger partial charge in [-0.3, -0.25) is 14.6 Å². The second kappa shape index (κ2) is 7.39. The van der Waals surface area contributed by atoms with E-state index in [4.69, 9.17) is 0 Å². The van der Waals surface area contributed by atoms with Crippen molar-refractivity contribution in [2.24, 2.45) is 0 Å². The summed E-state index contributed by atoms with van der Waals surface area (Å²) in [5.74, 6) is -0.136. The number of rotatable bonds is 4. The third-order valence-electron chi connectivity index (χ3n) is 4.90. The fraction of sp³-hybridized carbons (Fsp3) is 0.588. The summed E-state index contributed by atoms with van der Waals surface area (Å²) in [6, 6.07) is 4.83. The van der Waals surface area contributed by atoms with Crippen LogP contribution in [0.15, 0.2) is 18.2 Å². The zero-order valence-electron chi connectivity index (χ0n) is 14.4. The molecule has 0 aromatic heterocycles. The van der Waals surface area contributed by atoms with Crippen LogP contribution in [0.2, 0.25) is 0 Å². The number of benzene rings is 1. The van der Waals surface area contributed by atoms with E-state index in [0.29, 0.717) is 19.5 Å². The summed E-state index contributed by atoms with van der Waals surface area (Å²) in [5.41, 5.74) is 1.01. The predicted molar refractivity (Wildman–Crippen MR) is 94.8 cm³/mol. The van der Waals surface area contributed by atoms with Gasteiger partial charge < -0.3 is 5.32 Å². The standard InChI is InChI=1S/C17H24FN3O3S/c1-13-2-3-16(15(18)10-13)19-17(22)11-20-5-7-21(8-6-20)14-4-9-25(23,24)12-14/h2-3,10,14H,4-9,11-12H2,1H3,(H,19,22)/t14-/m0/s1. The van der Waals surface area contributed by atoms with Crippen LogP contribution in [0.5, 0.6) is 0 Å². The highest BCUT2D eigenvalue weighted by Crippen LogP contribution is 2.19. The lowest BCUT2D eigenvalue weighted by atomic mass is 10.2. The number of amides is 1. The van der Waals surface area contributed by atoms with Crippen molar-refractivity contribution in [1.29, 1.82) is 0 Å². The lowest BCUT2D eigenvalue weighted by Gasteiger charge is -2.37. The van der Waals surface area contributed by atoms with Gasteiger partial charge in [-0.1, -0.05) is 6.07 Å².